The number of rotatable bonds is 3. The van der Waals surface area contributed by atoms with Crippen LogP contribution in [0.4, 0.5) is 0 Å². The van der Waals surface area contributed by atoms with Gasteiger partial charge in [-0.05, 0) is 100 Å². The summed E-state index contributed by atoms with van der Waals surface area (Å²) in [7, 11) is 0. The van der Waals surface area contributed by atoms with Gasteiger partial charge in [0, 0.05) is 49.1 Å². The number of para-hydroxylation sites is 3. The molecule has 3 aromatic heterocycles. The Labute approximate surface area is 311 Å². The summed E-state index contributed by atoms with van der Waals surface area (Å²) in [6, 6.07) is 62.1. The van der Waals surface area contributed by atoms with Crippen molar-refractivity contribution in [2.75, 3.05) is 0 Å². The minimum Gasteiger partial charge on any atom is -0.456 e. The molecule has 8 aromatic carbocycles. The van der Waals surface area contributed by atoms with Crippen molar-refractivity contribution in [3.8, 4) is 33.6 Å². The second-order valence-corrected chi connectivity index (χ2v) is 15.3. The minimum absolute atomic E-state index is 0.140. The third kappa shape index (κ3) is 3.91. The van der Waals surface area contributed by atoms with Crippen LogP contribution in [0.15, 0.2) is 174 Å². The van der Waals surface area contributed by atoms with Gasteiger partial charge in [0.25, 0.3) is 0 Å². The summed E-state index contributed by atoms with van der Waals surface area (Å²) in [5.74, 6) is 0. The van der Waals surface area contributed by atoms with Crippen LogP contribution in [0, 0.1) is 0 Å². The van der Waals surface area contributed by atoms with Crippen molar-refractivity contribution >= 4 is 65.6 Å². The fourth-order valence-electron chi connectivity index (χ4n) is 9.66. The Morgan fingerprint density at radius 3 is 1.78 bits per heavy atom. The van der Waals surface area contributed by atoms with Crippen LogP contribution in [0.5, 0.6) is 0 Å². The first kappa shape index (κ1) is 29.7. The molecule has 54 heavy (non-hydrogen) atoms. The second kappa shape index (κ2) is 10.6. The Morgan fingerprint density at radius 1 is 0.407 bits per heavy atom. The summed E-state index contributed by atoms with van der Waals surface area (Å²) in [5.41, 5.74) is 16.7. The number of hydrogen-bond acceptors (Lipinski definition) is 1. The Balaban J connectivity index is 1.12. The molecule has 0 aliphatic heterocycles. The highest BCUT2D eigenvalue weighted by molar-refractivity contribution is 6.18. The van der Waals surface area contributed by atoms with Gasteiger partial charge in [-0.25, -0.2) is 0 Å². The van der Waals surface area contributed by atoms with Gasteiger partial charge in [-0.1, -0.05) is 117 Å². The first-order chi connectivity index (χ1) is 26.5. The van der Waals surface area contributed by atoms with Gasteiger partial charge < -0.3 is 13.6 Å². The molecule has 12 rings (SSSR count). The zero-order valence-corrected chi connectivity index (χ0v) is 30.0. The van der Waals surface area contributed by atoms with Crippen LogP contribution in [0.2, 0.25) is 0 Å². The normalized spacial score (nSPS) is 13.5. The summed E-state index contributed by atoms with van der Waals surface area (Å²) in [6.45, 7) is 4.77. The number of benzene rings is 8. The zero-order valence-electron chi connectivity index (χ0n) is 30.0. The number of nitrogens with zero attached hydrogens (tertiary/aromatic N) is 2. The largest absolute Gasteiger partial charge is 0.456 e. The number of aromatic nitrogens is 2. The van der Waals surface area contributed by atoms with Gasteiger partial charge in [0.05, 0.1) is 22.1 Å². The molecule has 11 aromatic rings. The Bertz CT molecular complexity index is 3340. The summed E-state index contributed by atoms with van der Waals surface area (Å²) in [4.78, 5) is 0. The molecule has 3 heteroatoms. The minimum atomic E-state index is -0.140. The summed E-state index contributed by atoms with van der Waals surface area (Å²) in [6.07, 6.45) is 0. The van der Waals surface area contributed by atoms with E-state index in [4.69, 9.17) is 4.42 Å². The van der Waals surface area contributed by atoms with Crippen molar-refractivity contribution < 1.29 is 4.42 Å². The van der Waals surface area contributed by atoms with Crippen molar-refractivity contribution in [1.29, 1.82) is 0 Å². The lowest BCUT2D eigenvalue weighted by atomic mass is 9.81. The van der Waals surface area contributed by atoms with Crippen LogP contribution in [0.3, 0.4) is 0 Å². The van der Waals surface area contributed by atoms with Gasteiger partial charge >= 0.3 is 0 Å². The van der Waals surface area contributed by atoms with E-state index < -0.39 is 0 Å². The van der Waals surface area contributed by atoms with E-state index in [-0.39, 0.29) is 5.41 Å². The van der Waals surface area contributed by atoms with E-state index in [1.54, 1.807) is 0 Å². The molecule has 0 saturated heterocycles. The quantitative estimate of drug-likeness (QED) is 0.181. The van der Waals surface area contributed by atoms with Gasteiger partial charge in [-0.3, -0.25) is 0 Å². The average Bonchev–Trinajstić information content (AvgIpc) is 3.92. The fraction of sp³-hybridized carbons (Fsp3) is 0.0588. The standard InChI is InChI=1S/C51H34N2O/c1-51(2)43-19-11-9-17-35(43)37-23-24-38-39-27-31(22-26-45(39)53(50(38)49(37)51)34-15-7-4-8-16-34)32-21-25-44-40(28-32)41-30-48-42(36-18-10-12-20-47(36)54-48)29-46(41)52(44)33-13-5-3-6-14-33/h3-30H,1-2H3. The van der Waals surface area contributed by atoms with Crippen LogP contribution in [-0.2, 0) is 5.41 Å². The molecule has 0 N–H and O–H groups in total. The lowest BCUT2D eigenvalue weighted by molar-refractivity contribution is 0.664. The molecule has 0 unspecified atom stereocenters. The molecule has 0 amide bonds. The molecule has 0 radical (unpaired) electrons. The molecule has 0 spiro atoms. The van der Waals surface area contributed by atoms with E-state index in [2.05, 4.69) is 187 Å². The smallest absolute Gasteiger partial charge is 0.136 e. The molecule has 0 saturated carbocycles. The van der Waals surface area contributed by atoms with Crippen LogP contribution in [0.1, 0.15) is 25.0 Å². The van der Waals surface area contributed by atoms with E-state index in [0.29, 0.717) is 0 Å². The number of furan rings is 1. The average molecular weight is 691 g/mol. The molecular formula is C51H34N2O. The van der Waals surface area contributed by atoms with Crippen molar-refractivity contribution in [3.63, 3.8) is 0 Å². The van der Waals surface area contributed by atoms with Crippen molar-refractivity contribution in [3.05, 3.63) is 181 Å². The first-order valence-electron chi connectivity index (χ1n) is 18.8. The SMILES string of the molecule is CC1(C)c2ccccc2-c2ccc3c4cc(-c5ccc6c(c5)c5cc7oc8ccccc8c7cc5n6-c5ccccc5)ccc4n(-c4ccccc4)c3c21. The number of hydrogen-bond donors (Lipinski definition) is 0. The van der Waals surface area contributed by atoms with Crippen LogP contribution >= 0.6 is 0 Å². The summed E-state index contributed by atoms with van der Waals surface area (Å²) >= 11 is 0. The Hall–Kier alpha value is -6.84. The molecule has 0 bridgehead atoms. The maximum absolute atomic E-state index is 6.42. The van der Waals surface area contributed by atoms with Gasteiger partial charge in [0.15, 0.2) is 0 Å². The van der Waals surface area contributed by atoms with Gasteiger partial charge in [-0.2, -0.15) is 0 Å². The monoisotopic (exact) mass is 690 g/mol. The highest BCUT2D eigenvalue weighted by Gasteiger charge is 2.38. The maximum Gasteiger partial charge on any atom is 0.136 e. The third-order valence-electron chi connectivity index (χ3n) is 12.1. The number of fused-ring (bicyclic) bond motifs is 13. The molecule has 0 fully saturated rings. The maximum atomic E-state index is 6.42. The van der Waals surface area contributed by atoms with E-state index >= 15 is 0 Å². The summed E-state index contributed by atoms with van der Waals surface area (Å²) in [5, 5.41) is 7.21. The molecule has 1 aliphatic rings. The van der Waals surface area contributed by atoms with E-state index in [0.717, 1.165) is 27.6 Å². The highest BCUT2D eigenvalue weighted by Crippen LogP contribution is 2.53. The van der Waals surface area contributed by atoms with Crippen LogP contribution in [-0.4, -0.2) is 9.13 Å². The van der Waals surface area contributed by atoms with Gasteiger partial charge in [-0.15, -0.1) is 0 Å². The van der Waals surface area contributed by atoms with Crippen molar-refractivity contribution in [1.82, 2.24) is 9.13 Å². The van der Waals surface area contributed by atoms with Crippen LogP contribution < -0.4 is 0 Å². The highest BCUT2D eigenvalue weighted by atomic mass is 16.3. The van der Waals surface area contributed by atoms with Crippen molar-refractivity contribution in [2.45, 2.75) is 19.3 Å². The lowest BCUT2D eigenvalue weighted by Gasteiger charge is -2.23. The third-order valence-corrected chi connectivity index (χ3v) is 12.1. The molecular weight excluding hydrogens is 657 g/mol. The van der Waals surface area contributed by atoms with Gasteiger partial charge in [0.2, 0.25) is 0 Å². The fourth-order valence-corrected chi connectivity index (χ4v) is 9.66. The molecule has 1 aliphatic carbocycles. The Kier molecular flexibility index (Phi) is 5.84. The molecule has 3 heterocycles. The predicted molar refractivity (Wildman–Crippen MR) is 225 cm³/mol. The van der Waals surface area contributed by atoms with E-state index in [1.165, 1.54) is 82.7 Å². The zero-order chi connectivity index (χ0) is 35.7. The van der Waals surface area contributed by atoms with Crippen LogP contribution in [0.25, 0.3) is 99.2 Å². The lowest BCUT2D eigenvalue weighted by Crippen LogP contribution is -2.16. The topological polar surface area (TPSA) is 23.0 Å². The second-order valence-electron chi connectivity index (χ2n) is 15.3. The van der Waals surface area contributed by atoms with E-state index in [9.17, 15) is 0 Å². The molecule has 3 nitrogen and oxygen atoms in total. The van der Waals surface area contributed by atoms with E-state index in [1.807, 2.05) is 6.07 Å². The van der Waals surface area contributed by atoms with Gasteiger partial charge in [0.1, 0.15) is 11.2 Å². The van der Waals surface area contributed by atoms with Crippen molar-refractivity contribution in [2.24, 2.45) is 0 Å². The Morgan fingerprint density at radius 2 is 1.02 bits per heavy atom. The summed E-state index contributed by atoms with van der Waals surface area (Å²) < 4.78 is 11.3. The first-order valence-corrected chi connectivity index (χ1v) is 18.8. The molecule has 0 atom stereocenters. The predicted octanol–water partition coefficient (Wildman–Crippen LogP) is 13.8. The molecule has 254 valence electrons.